The second-order valence-corrected chi connectivity index (χ2v) is 4.56. The van der Waals surface area contributed by atoms with Crippen LogP contribution < -0.4 is 10.6 Å². The van der Waals surface area contributed by atoms with E-state index in [0.717, 1.165) is 6.07 Å². The van der Waals surface area contributed by atoms with Crippen molar-refractivity contribution in [3.05, 3.63) is 66.0 Å². The Hall–Kier alpha value is -2.69. The van der Waals surface area contributed by atoms with Crippen LogP contribution in [0.4, 0.5) is 10.1 Å². The Morgan fingerprint density at radius 1 is 1.05 bits per heavy atom. The third-order valence-electron chi connectivity index (χ3n) is 2.87. The number of nitrogens with one attached hydrogen (secondary N) is 2. The average molecular weight is 286 g/mol. The number of rotatable bonds is 4. The van der Waals surface area contributed by atoms with Gasteiger partial charge in [0.1, 0.15) is 11.9 Å². The summed E-state index contributed by atoms with van der Waals surface area (Å²) in [5.74, 6) is -1.33. The van der Waals surface area contributed by atoms with Crippen LogP contribution in [0.15, 0.2) is 54.6 Å². The van der Waals surface area contributed by atoms with E-state index in [1.54, 1.807) is 31.2 Å². The Morgan fingerprint density at radius 3 is 2.43 bits per heavy atom. The normalized spacial score (nSPS) is 11.5. The van der Waals surface area contributed by atoms with E-state index in [9.17, 15) is 14.0 Å². The third kappa shape index (κ3) is 4.14. The number of para-hydroxylation sites is 1. The zero-order valence-corrected chi connectivity index (χ0v) is 11.5. The van der Waals surface area contributed by atoms with Crippen molar-refractivity contribution < 1.29 is 14.0 Å². The molecular formula is C16H15FN2O2. The summed E-state index contributed by atoms with van der Waals surface area (Å²) >= 11 is 0. The van der Waals surface area contributed by atoms with Crippen molar-refractivity contribution in [2.24, 2.45) is 0 Å². The molecule has 2 aromatic carbocycles. The molecule has 2 aromatic rings. The average Bonchev–Trinajstić information content (AvgIpc) is 2.48. The smallest absolute Gasteiger partial charge is 0.252 e. The molecular weight excluding hydrogens is 271 g/mol. The highest BCUT2D eigenvalue weighted by Crippen LogP contribution is 2.07. The minimum Gasteiger partial charge on any atom is -0.341 e. The van der Waals surface area contributed by atoms with Gasteiger partial charge in [-0.25, -0.2) is 4.39 Å². The number of benzene rings is 2. The molecule has 0 spiro atoms. The minimum absolute atomic E-state index is 0.175. The molecule has 4 nitrogen and oxygen atoms in total. The second kappa shape index (κ2) is 6.65. The first-order valence-electron chi connectivity index (χ1n) is 6.48. The zero-order valence-electron chi connectivity index (χ0n) is 11.5. The Balaban J connectivity index is 1.96. The van der Waals surface area contributed by atoms with Crippen molar-refractivity contribution in [1.82, 2.24) is 5.32 Å². The first kappa shape index (κ1) is 14.7. The molecule has 0 aliphatic rings. The lowest BCUT2D eigenvalue weighted by atomic mass is 10.2. The van der Waals surface area contributed by atoms with E-state index in [1.165, 1.54) is 18.2 Å². The van der Waals surface area contributed by atoms with Gasteiger partial charge in [0.05, 0.1) is 0 Å². The topological polar surface area (TPSA) is 58.2 Å². The summed E-state index contributed by atoms with van der Waals surface area (Å²) in [6.07, 6.45) is 0. The summed E-state index contributed by atoms with van der Waals surface area (Å²) in [5.41, 5.74) is 0.823. The maximum absolute atomic E-state index is 13.1. The summed E-state index contributed by atoms with van der Waals surface area (Å²) in [4.78, 5) is 23.9. The molecule has 5 heteroatoms. The molecule has 2 N–H and O–H groups in total. The van der Waals surface area contributed by atoms with E-state index >= 15 is 0 Å². The van der Waals surface area contributed by atoms with E-state index in [-0.39, 0.29) is 11.5 Å². The van der Waals surface area contributed by atoms with E-state index in [4.69, 9.17) is 0 Å². The van der Waals surface area contributed by atoms with Gasteiger partial charge in [-0.2, -0.15) is 0 Å². The van der Waals surface area contributed by atoms with E-state index in [2.05, 4.69) is 10.6 Å². The highest BCUT2D eigenvalue weighted by atomic mass is 19.1. The highest BCUT2D eigenvalue weighted by molar-refractivity contribution is 6.00. The van der Waals surface area contributed by atoms with Gasteiger partial charge in [-0.3, -0.25) is 9.59 Å². The molecule has 0 aromatic heterocycles. The summed E-state index contributed by atoms with van der Waals surface area (Å²) in [6.45, 7) is 1.56. The summed E-state index contributed by atoms with van der Waals surface area (Å²) in [6, 6.07) is 13.5. The van der Waals surface area contributed by atoms with Gasteiger partial charge < -0.3 is 10.6 Å². The molecule has 0 heterocycles. The maximum Gasteiger partial charge on any atom is 0.252 e. The molecule has 0 saturated carbocycles. The van der Waals surface area contributed by atoms with Crippen LogP contribution in [0.2, 0.25) is 0 Å². The molecule has 0 aliphatic carbocycles. The van der Waals surface area contributed by atoms with Gasteiger partial charge in [0.2, 0.25) is 5.91 Å². The molecule has 0 saturated heterocycles. The van der Waals surface area contributed by atoms with Crippen LogP contribution in [0.5, 0.6) is 0 Å². The fourth-order valence-electron chi connectivity index (χ4n) is 1.75. The molecule has 0 radical (unpaired) electrons. The van der Waals surface area contributed by atoms with Gasteiger partial charge >= 0.3 is 0 Å². The number of carbonyl (C=O) groups is 2. The van der Waals surface area contributed by atoms with Crippen LogP contribution in [0.1, 0.15) is 17.3 Å². The van der Waals surface area contributed by atoms with Crippen molar-refractivity contribution in [3.63, 3.8) is 0 Å². The molecule has 2 amide bonds. The van der Waals surface area contributed by atoms with Gasteiger partial charge in [-0.15, -0.1) is 0 Å². The quantitative estimate of drug-likeness (QED) is 0.907. The van der Waals surface area contributed by atoms with Crippen molar-refractivity contribution in [2.45, 2.75) is 13.0 Å². The third-order valence-corrected chi connectivity index (χ3v) is 2.87. The minimum atomic E-state index is -0.735. The number of amides is 2. The van der Waals surface area contributed by atoms with Crippen LogP contribution in [-0.2, 0) is 4.79 Å². The maximum atomic E-state index is 13.1. The van der Waals surface area contributed by atoms with Crippen molar-refractivity contribution in [2.75, 3.05) is 5.32 Å². The van der Waals surface area contributed by atoms with E-state index in [0.29, 0.717) is 5.69 Å². The summed E-state index contributed by atoms with van der Waals surface area (Å²) in [5, 5.41) is 5.21. The van der Waals surface area contributed by atoms with Crippen molar-refractivity contribution in [3.8, 4) is 0 Å². The molecule has 0 fully saturated rings. The predicted octanol–water partition coefficient (Wildman–Crippen LogP) is 2.58. The largest absolute Gasteiger partial charge is 0.341 e. The lowest BCUT2D eigenvalue weighted by Gasteiger charge is -2.14. The fraction of sp³-hybridized carbons (Fsp3) is 0.125. The first-order chi connectivity index (χ1) is 10.1. The number of hydrogen-bond donors (Lipinski definition) is 2. The Bertz CT molecular complexity index is 644. The number of hydrogen-bond acceptors (Lipinski definition) is 2. The lowest BCUT2D eigenvalue weighted by molar-refractivity contribution is -0.117. The lowest BCUT2D eigenvalue weighted by Crippen LogP contribution is -2.41. The van der Waals surface area contributed by atoms with Gasteiger partial charge in [0.25, 0.3) is 5.91 Å². The molecule has 21 heavy (non-hydrogen) atoms. The van der Waals surface area contributed by atoms with Crippen molar-refractivity contribution >= 4 is 17.5 Å². The summed E-state index contributed by atoms with van der Waals surface area (Å²) < 4.78 is 13.1. The van der Waals surface area contributed by atoms with Crippen molar-refractivity contribution in [1.29, 1.82) is 0 Å². The monoisotopic (exact) mass is 286 g/mol. The Kier molecular flexibility index (Phi) is 4.66. The van der Waals surface area contributed by atoms with E-state index < -0.39 is 17.8 Å². The number of carbonyl (C=O) groups excluding carboxylic acids is 2. The van der Waals surface area contributed by atoms with Crippen LogP contribution in [-0.4, -0.2) is 17.9 Å². The molecule has 1 unspecified atom stereocenters. The number of halogens is 1. The SMILES string of the molecule is CC(NC(=O)c1cccc(F)c1)C(=O)Nc1ccccc1. The fourth-order valence-corrected chi connectivity index (χ4v) is 1.75. The Morgan fingerprint density at radius 2 is 1.76 bits per heavy atom. The predicted molar refractivity (Wildman–Crippen MR) is 78.4 cm³/mol. The van der Waals surface area contributed by atoms with Crippen LogP contribution in [0.3, 0.4) is 0 Å². The molecule has 1 atom stereocenters. The van der Waals surface area contributed by atoms with Crippen LogP contribution in [0.25, 0.3) is 0 Å². The zero-order chi connectivity index (χ0) is 15.2. The first-order valence-corrected chi connectivity index (χ1v) is 6.48. The van der Waals surface area contributed by atoms with Gasteiger partial charge in [-0.05, 0) is 37.3 Å². The molecule has 108 valence electrons. The van der Waals surface area contributed by atoms with Gasteiger partial charge in [0, 0.05) is 11.3 Å². The van der Waals surface area contributed by atoms with Crippen LogP contribution >= 0.6 is 0 Å². The van der Waals surface area contributed by atoms with Gasteiger partial charge in [-0.1, -0.05) is 24.3 Å². The van der Waals surface area contributed by atoms with Gasteiger partial charge in [0.15, 0.2) is 0 Å². The second-order valence-electron chi connectivity index (χ2n) is 4.56. The molecule has 0 bridgehead atoms. The molecule has 0 aliphatic heterocycles. The highest BCUT2D eigenvalue weighted by Gasteiger charge is 2.16. The standard InChI is InChI=1S/C16H15FN2O2/c1-11(15(20)19-14-8-3-2-4-9-14)18-16(21)12-6-5-7-13(17)10-12/h2-11H,1H3,(H,18,21)(H,19,20). The Labute approximate surface area is 122 Å². The van der Waals surface area contributed by atoms with Crippen LogP contribution in [0, 0.1) is 5.82 Å². The summed E-state index contributed by atoms with van der Waals surface area (Å²) in [7, 11) is 0. The number of anilines is 1. The van der Waals surface area contributed by atoms with E-state index in [1.807, 2.05) is 6.07 Å². The molecule has 2 rings (SSSR count).